The molecule has 2 aromatic rings. The van der Waals surface area contributed by atoms with Gasteiger partial charge in [-0.25, -0.2) is 9.78 Å². The Labute approximate surface area is 189 Å². The van der Waals surface area contributed by atoms with Crippen molar-refractivity contribution < 1.29 is 24.2 Å². The Morgan fingerprint density at radius 3 is 2.71 bits per heavy atom. The number of fused-ring (bicyclic) bond motifs is 1. The van der Waals surface area contributed by atoms with E-state index in [4.69, 9.17) is 14.6 Å². The molecule has 0 atom stereocenters. The normalized spacial score (nSPS) is 19.8. The molecule has 0 radical (unpaired) electrons. The number of hydrogen-bond acceptors (Lipinski definition) is 7. The zero-order valence-electron chi connectivity index (χ0n) is 17.4. The Bertz CT molecular complexity index is 958. The minimum absolute atomic E-state index is 0.0388. The highest BCUT2D eigenvalue weighted by Gasteiger charge is 2.33. The molecule has 0 bridgehead atoms. The number of aliphatic carboxylic acids is 1. The highest BCUT2D eigenvalue weighted by molar-refractivity contribution is 8.01. The lowest BCUT2D eigenvalue weighted by atomic mass is 9.86. The summed E-state index contributed by atoms with van der Waals surface area (Å²) in [5.41, 5.74) is 0.776. The fourth-order valence-electron chi connectivity index (χ4n) is 3.86. The molecular weight excluding hydrogens is 438 g/mol. The second-order valence-electron chi connectivity index (χ2n) is 7.81. The average molecular weight is 464 g/mol. The highest BCUT2D eigenvalue weighted by Crippen LogP contribution is 2.39. The Hall–Kier alpha value is -2.46. The van der Waals surface area contributed by atoms with Crippen molar-refractivity contribution >= 4 is 45.9 Å². The van der Waals surface area contributed by atoms with Gasteiger partial charge in [0.15, 0.2) is 16.6 Å². The molecule has 1 N–H and O–H groups in total. The number of carboxylic acids is 1. The van der Waals surface area contributed by atoms with E-state index in [0.717, 1.165) is 35.6 Å². The minimum Gasteiger partial charge on any atom is -0.481 e. The second-order valence-corrected chi connectivity index (χ2v) is 10.1. The van der Waals surface area contributed by atoms with E-state index < -0.39 is 5.97 Å². The molecular formula is C21H25N3O5S2. The molecule has 0 saturated heterocycles. The van der Waals surface area contributed by atoms with E-state index in [2.05, 4.69) is 11.9 Å². The quantitative estimate of drug-likeness (QED) is 0.621. The molecule has 2 aliphatic rings. The third-order valence-electron chi connectivity index (χ3n) is 5.57. The number of benzene rings is 1. The van der Waals surface area contributed by atoms with Crippen molar-refractivity contribution in [3.63, 3.8) is 0 Å². The van der Waals surface area contributed by atoms with Crippen LogP contribution in [-0.4, -0.2) is 47.7 Å². The number of hydrogen-bond donors (Lipinski definition) is 1. The highest BCUT2D eigenvalue weighted by atomic mass is 32.2. The number of ether oxygens (including phenoxy) is 2. The van der Waals surface area contributed by atoms with E-state index in [9.17, 15) is 9.59 Å². The fourth-order valence-corrected chi connectivity index (χ4v) is 5.50. The molecule has 166 valence electrons. The van der Waals surface area contributed by atoms with Crippen molar-refractivity contribution in [2.24, 2.45) is 5.92 Å². The minimum atomic E-state index is -0.884. The second kappa shape index (κ2) is 9.35. The van der Waals surface area contributed by atoms with Crippen LogP contribution in [0.5, 0.6) is 11.5 Å². The number of thioether (sulfide) groups is 1. The zero-order valence-corrected chi connectivity index (χ0v) is 19.1. The molecule has 1 aromatic heterocycles. The van der Waals surface area contributed by atoms with Crippen molar-refractivity contribution in [1.82, 2.24) is 4.98 Å². The number of thiazole rings is 1. The van der Waals surface area contributed by atoms with Gasteiger partial charge in [0.25, 0.3) is 0 Å². The van der Waals surface area contributed by atoms with E-state index in [1.807, 2.05) is 23.1 Å². The fraction of sp³-hybridized carbons (Fsp3) is 0.476. The Kier molecular flexibility index (Phi) is 6.57. The van der Waals surface area contributed by atoms with Gasteiger partial charge in [-0.05, 0) is 43.7 Å². The zero-order chi connectivity index (χ0) is 22.0. The molecule has 0 unspecified atom stereocenters. The summed E-state index contributed by atoms with van der Waals surface area (Å²) < 4.78 is 11.7. The third-order valence-corrected chi connectivity index (χ3v) is 7.83. The van der Waals surface area contributed by atoms with Crippen LogP contribution in [0.25, 0.3) is 0 Å². The van der Waals surface area contributed by atoms with Crippen LogP contribution in [0.15, 0.2) is 28.6 Å². The van der Waals surface area contributed by atoms with E-state index in [-0.39, 0.29) is 24.6 Å². The van der Waals surface area contributed by atoms with Crippen molar-refractivity contribution in [2.75, 3.05) is 29.4 Å². The first-order valence-electron chi connectivity index (χ1n) is 10.2. The van der Waals surface area contributed by atoms with Crippen molar-refractivity contribution in [3.8, 4) is 11.5 Å². The summed E-state index contributed by atoms with van der Waals surface area (Å²) in [7, 11) is 1.71. The van der Waals surface area contributed by atoms with Gasteiger partial charge in [0, 0.05) is 24.8 Å². The summed E-state index contributed by atoms with van der Waals surface area (Å²) >= 11 is 2.51. The lowest BCUT2D eigenvalue weighted by Gasteiger charge is -2.37. The van der Waals surface area contributed by atoms with Crippen molar-refractivity contribution in [1.29, 1.82) is 0 Å². The predicted octanol–water partition coefficient (Wildman–Crippen LogP) is 4.69. The van der Waals surface area contributed by atoms with Crippen LogP contribution in [0.3, 0.4) is 0 Å². The van der Waals surface area contributed by atoms with Crippen LogP contribution in [0.2, 0.25) is 0 Å². The average Bonchev–Trinajstić information content (AvgIpc) is 3.42. The Morgan fingerprint density at radius 2 is 1.97 bits per heavy atom. The van der Waals surface area contributed by atoms with Crippen LogP contribution in [0.1, 0.15) is 32.6 Å². The topological polar surface area (TPSA) is 92.2 Å². The van der Waals surface area contributed by atoms with Gasteiger partial charge >= 0.3 is 12.0 Å². The summed E-state index contributed by atoms with van der Waals surface area (Å²) in [6, 6.07) is 5.53. The number of carbonyl (C=O) groups is 2. The smallest absolute Gasteiger partial charge is 0.330 e. The number of rotatable bonds is 6. The largest absolute Gasteiger partial charge is 0.481 e. The van der Waals surface area contributed by atoms with Crippen LogP contribution < -0.4 is 19.3 Å². The van der Waals surface area contributed by atoms with Gasteiger partial charge in [-0.3, -0.25) is 14.6 Å². The van der Waals surface area contributed by atoms with Gasteiger partial charge in [0.1, 0.15) is 0 Å². The number of carboxylic acid groups (broad SMARTS) is 1. The molecule has 10 heteroatoms. The van der Waals surface area contributed by atoms with Gasteiger partial charge in [0.05, 0.1) is 16.2 Å². The molecule has 1 aromatic carbocycles. The van der Waals surface area contributed by atoms with E-state index in [1.54, 1.807) is 13.2 Å². The number of anilines is 2. The molecule has 2 amide bonds. The van der Waals surface area contributed by atoms with Gasteiger partial charge in [0.2, 0.25) is 6.79 Å². The van der Waals surface area contributed by atoms with Gasteiger partial charge < -0.3 is 14.6 Å². The first-order valence-corrected chi connectivity index (χ1v) is 12.0. The SMILES string of the molecule is CN(C(=O)N(c1ccc2c(c1)OCO2)[C@H]1CC[C@H](C)CC1)c1ncc(SCC(=O)O)s1. The van der Waals surface area contributed by atoms with E-state index >= 15 is 0 Å². The van der Waals surface area contributed by atoms with Crippen LogP contribution in [0, 0.1) is 5.92 Å². The number of amides is 2. The van der Waals surface area contributed by atoms with Crippen molar-refractivity contribution in [2.45, 2.75) is 42.9 Å². The van der Waals surface area contributed by atoms with Crippen LogP contribution in [0.4, 0.5) is 15.6 Å². The van der Waals surface area contributed by atoms with Crippen molar-refractivity contribution in [3.05, 3.63) is 24.4 Å². The molecule has 4 rings (SSSR count). The lowest BCUT2D eigenvalue weighted by Crippen LogP contribution is -2.48. The Balaban J connectivity index is 1.58. The number of carbonyl (C=O) groups excluding carboxylic acids is 1. The third kappa shape index (κ3) is 4.90. The molecule has 0 spiro atoms. The van der Waals surface area contributed by atoms with E-state index in [1.165, 1.54) is 28.0 Å². The monoisotopic (exact) mass is 463 g/mol. The molecule has 8 nitrogen and oxygen atoms in total. The van der Waals surface area contributed by atoms with E-state index in [0.29, 0.717) is 22.5 Å². The van der Waals surface area contributed by atoms with Gasteiger partial charge in [-0.15, -0.1) is 11.8 Å². The molecule has 2 heterocycles. The first kappa shape index (κ1) is 21.8. The summed E-state index contributed by atoms with van der Waals surface area (Å²) in [5.74, 6) is 1.06. The first-order chi connectivity index (χ1) is 14.9. The maximum atomic E-state index is 13.6. The molecule has 1 fully saturated rings. The van der Waals surface area contributed by atoms with Gasteiger partial charge in [-0.2, -0.15) is 0 Å². The maximum Gasteiger partial charge on any atom is 0.330 e. The lowest BCUT2D eigenvalue weighted by molar-refractivity contribution is -0.133. The molecule has 1 aliphatic carbocycles. The standard InChI is InChI=1S/C21H25N3O5S2/c1-13-3-5-14(6-4-13)24(15-7-8-16-17(9-15)29-12-28-16)21(27)23(2)20-22-10-19(31-20)30-11-18(25)26/h7-10,13-14H,3-6,11-12H2,1-2H3,(H,25,26)/t13-,14-. The number of urea groups is 1. The number of nitrogens with zero attached hydrogens (tertiary/aromatic N) is 3. The predicted molar refractivity (Wildman–Crippen MR) is 121 cm³/mol. The summed E-state index contributed by atoms with van der Waals surface area (Å²) in [5, 5.41) is 9.42. The molecule has 1 saturated carbocycles. The van der Waals surface area contributed by atoms with Crippen LogP contribution >= 0.6 is 23.1 Å². The van der Waals surface area contributed by atoms with Crippen LogP contribution in [-0.2, 0) is 4.79 Å². The summed E-state index contributed by atoms with van der Waals surface area (Å²) in [4.78, 5) is 32.2. The van der Waals surface area contributed by atoms with Gasteiger partial charge in [-0.1, -0.05) is 18.3 Å². The molecule has 1 aliphatic heterocycles. The summed E-state index contributed by atoms with van der Waals surface area (Å²) in [6.45, 7) is 2.43. The summed E-state index contributed by atoms with van der Waals surface area (Å²) in [6.07, 6.45) is 5.65. The number of aromatic nitrogens is 1. The Morgan fingerprint density at radius 1 is 1.23 bits per heavy atom. The molecule has 31 heavy (non-hydrogen) atoms. The maximum absolute atomic E-state index is 13.6.